The normalized spacial score (nSPS) is 27.7. The second-order valence-corrected chi connectivity index (χ2v) is 6.12. The monoisotopic (exact) mass is 404 g/mol. The summed E-state index contributed by atoms with van der Waals surface area (Å²) >= 11 is 0. The van der Waals surface area contributed by atoms with Crippen molar-refractivity contribution >= 4 is 29.8 Å². The first-order chi connectivity index (χ1) is 12.9. The van der Waals surface area contributed by atoms with Gasteiger partial charge in [-0.3, -0.25) is 24.0 Å². The molecule has 1 aliphatic rings. The van der Waals surface area contributed by atoms with Crippen LogP contribution in [-0.2, 0) is 52.4 Å². The molecule has 0 bridgehead atoms. The molecule has 28 heavy (non-hydrogen) atoms. The molecule has 6 atom stereocenters. The minimum atomic E-state index is -1.50. The van der Waals surface area contributed by atoms with Crippen molar-refractivity contribution in [3.8, 4) is 0 Å². The van der Waals surface area contributed by atoms with E-state index in [1.165, 1.54) is 6.92 Å². The molecule has 0 amide bonds. The van der Waals surface area contributed by atoms with Crippen LogP contribution in [0.15, 0.2) is 0 Å². The number of hydrogen-bond donors (Lipinski definition) is 0. The average molecular weight is 404 g/mol. The zero-order valence-corrected chi connectivity index (χ0v) is 16.5. The van der Waals surface area contributed by atoms with Crippen LogP contribution in [0, 0.1) is 0 Å². The first kappa shape index (κ1) is 23.3. The van der Waals surface area contributed by atoms with Crippen molar-refractivity contribution in [2.45, 2.75) is 78.4 Å². The van der Waals surface area contributed by atoms with Crippen molar-refractivity contribution in [3.63, 3.8) is 0 Å². The lowest BCUT2D eigenvalue weighted by Gasteiger charge is -2.45. The van der Waals surface area contributed by atoms with Crippen LogP contribution in [0.1, 0.15) is 41.5 Å². The molecule has 0 aliphatic carbocycles. The molecule has 158 valence electrons. The molecule has 0 aromatic carbocycles. The Bertz CT molecular complexity index is 629. The van der Waals surface area contributed by atoms with E-state index in [9.17, 15) is 24.0 Å². The third-order valence-electron chi connectivity index (χ3n) is 3.53. The Balaban J connectivity index is 3.39. The summed E-state index contributed by atoms with van der Waals surface area (Å²) in [6, 6.07) is 0. The fourth-order valence-electron chi connectivity index (χ4n) is 2.77. The maximum Gasteiger partial charge on any atom is 0.305 e. The second kappa shape index (κ2) is 10.0. The summed E-state index contributed by atoms with van der Waals surface area (Å²) in [7, 11) is 0. The Morgan fingerprint density at radius 1 is 0.643 bits per heavy atom. The minimum absolute atomic E-state index is 0.646. The van der Waals surface area contributed by atoms with Gasteiger partial charge in [-0.1, -0.05) is 0 Å². The van der Waals surface area contributed by atoms with E-state index in [-0.39, 0.29) is 0 Å². The Kier molecular flexibility index (Phi) is 8.35. The first-order valence-electron chi connectivity index (χ1n) is 8.44. The number of carbonyl (C=O) groups excluding carboxylic acids is 5. The molecule has 2 unspecified atom stereocenters. The third-order valence-corrected chi connectivity index (χ3v) is 3.53. The molecule has 11 heteroatoms. The predicted octanol–water partition coefficient (Wildman–Crippen LogP) is 0.0211. The Labute approximate surface area is 161 Å². The Hall–Kier alpha value is -2.69. The molecular formula is C17H24O11. The molecule has 1 rings (SSSR count). The van der Waals surface area contributed by atoms with Gasteiger partial charge in [0.2, 0.25) is 12.4 Å². The summed E-state index contributed by atoms with van der Waals surface area (Å²) in [5.41, 5.74) is 0. The lowest BCUT2D eigenvalue weighted by atomic mass is 9.95. The quantitative estimate of drug-likeness (QED) is 0.437. The number of ether oxygens (including phenoxy) is 6. The molecule has 0 saturated carbocycles. The van der Waals surface area contributed by atoms with Crippen molar-refractivity contribution in [2.75, 3.05) is 0 Å². The van der Waals surface area contributed by atoms with Crippen LogP contribution in [0.5, 0.6) is 0 Å². The van der Waals surface area contributed by atoms with E-state index in [0.717, 1.165) is 34.6 Å². The topological polar surface area (TPSA) is 141 Å². The third kappa shape index (κ3) is 6.80. The van der Waals surface area contributed by atoms with Gasteiger partial charge in [0, 0.05) is 34.6 Å². The molecule has 0 aromatic heterocycles. The van der Waals surface area contributed by atoms with Gasteiger partial charge in [-0.25, -0.2) is 0 Å². The van der Waals surface area contributed by atoms with Gasteiger partial charge in [-0.05, 0) is 6.92 Å². The smallest absolute Gasteiger partial charge is 0.305 e. The van der Waals surface area contributed by atoms with E-state index in [1.54, 1.807) is 0 Å². The first-order valence-corrected chi connectivity index (χ1v) is 8.44. The lowest BCUT2D eigenvalue weighted by Crippen LogP contribution is -2.64. The molecule has 1 fully saturated rings. The molecule has 0 radical (unpaired) electrons. The van der Waals surface area contributed by atoms with E-state index < -0.39 is 66.7 Å². The highest BCUT2D eigenvalue weighted by atomic mass is 16.7. The standard InChI is InChI=1S/C17H24O11/c1-7(23-8(2)18)13-14(24-9(3)19)15(25-10(4)20)16(26-11(5)21)17(28-13)27-12(6)22/h7,13-17H,1-6H3/t7-,13?,14-,15-,16+,17?/m1/s1. The maximum absolute atomic E-state index is 11.6. The Morgan fingerprint density at radius 3 is 1.50 bits per heavy atom. The predicted molar refractivity (Wildman–Crippen MR) is 88.3 cm³/mol. The summed E-state index contributed by atoms with van der Waals surface area (Å²) in [4.78, 5) is 57.5. The molecule has 1 saturated heterocycles. The van der Waals surface area contributed by atoms with Crippen LogP contribution in [0.4, 0.5) is 0 Å². The van der Waals surface area contributed by atoms with Gasteiger partial charge in [0.1, 0.15) is 12.2 Å². The van der Waals surface area contributed by atoms with Crippen molar-refractivity contribution in [1.82, 2.24) is 0 Å². The fourth-order valence-corrected chi connectivity index (χ4v) is 2.77. The summed E-state index contributed by atoms with van der Waals surface area (Å²) in [6.45, 7) is 6.99. The molecule has 0 aromatic rings. The van der Waals surface area contributed by atoms with E-state index in [0.29, 0.717) is 0 Å². The van der Waals surface area contributed by atoms with Crippen molar-refractivity contribution in [1.29, 1.82) is 0 Å². The van der Waals surface area contributed by atoms with Gasteiger partial charge < -0.3 is 28.4 Å². The zero-order valence-electron chi connectivity index (χ0n) is 16.5. The Morgan fingerprint density at radius 2 is 1.07 bits per heavy atom. The molecule has 1 aliphatic heterocycles. The van der Waals surface area contributed by atoms with Crippen LogP contribution in [0.2, 0.25) is 0 Å². The highest BCUT2D eigenvalue weighted by Crippen LogP contribution is 2.31. The van der Waals surface area contributed by atoms with Gasteiger partial charge >= 0.3 is 29.8 Å². The number of esters is 5. The van der Waals surface area contributed by atoms with Crippen molar-refractivity contribution in [3.05, 3.63) is 0 Å². The average Bonchev–Trinajstić information content (AvgIpc) is 2.50. The van der Waals surface area contributed by atoms with Crippen LogP contribution in [0.3, 0.4) is 0 Å². The van der Waals surface area contributed by atoms with Crippen LogP contribution in [0.25, 0.3) is 0 Å². The van der Waals surface area contributed by atoms with Gasteiger partial charge in [-0.2, -0.15) is 0 Å². The minimum Gasteiger partial charge on any atom is -0.460 e. The molecule has 0 N–H and O–H groups in total. The van der Waals surface area contributed by atoms with Crippen LogP contribution >= 0.6 is 0 Å². The van der Waals surface area contributed by atoms with Gasteiger partial charge in [0.25, 0.3) is 0 Å². The highest BCUT2D eigenvalue weighted by Gasteiger charge is 2.55. The summed E-state index contributed by atoms with van der Waals surface area (Å²) in [5.74, 6) is -3.72. The highest BCUT2D eigenvalue weighted by molar-refractivity contribution is 5.69. The van der Waals surface area contributed by atoms with E-state index >= 15 is 0 Å². The van der Waals surface area contributed by atoms with Crippen molar-refractivity contribution in [2.24, 2.45) is 0 Å². The fraction of sp³-hybridized carbons (Fsp3) is 0.706. The maximum atomic E-state index is 11.6. The largest absolute Gasteiger partial charge is 0.460 e. The summed E-state index contributed by atoms with van der Waals surface area (Å²) in [5, 5.41) is 0. The number of carbonyl (C=O) groups is 5. The molecule has 11 nitrogen and oxygen atoms in total. The summed E-state index contributed by atoms with van der Waals surface area (Å²) < 4.78 is 31.3. The SMILES string of the molecule is CC(=O)OC1OC([C@@H](C)OC(C)=O)[C@@H](OC(C)=O)[C@@H](OC(C)=O)[C@@H]1OC(C)=O. The van der Waals surface area contributed by atoms with Gasteiger partial charge in [0.15, 0.2) is 12.2 Å². The van der Waals surface area contributed by atoms with Crippen LogP contribution < -0.4 is 0 Å². The number of hydrogen-bond acceptors (Lipinski definition) is 11. The van der Waals surface area contributed by atoms with E-state index in [2.05, 4.69) is 0 Å². The number of rotatable bonds is 6. The van der Waals surface area contributed by atoms with E-state index in [4.69, 9.17) is 28.4 Å². The molecule has 1 heterocycles. The lowest BCUT2D eigenvalue weighted by molar-refractivity contribution is -0.307. The zero-order chi connectivity index (χ0) is 21.6. The van der Waals surface area contributed by atoms with Gasteiger partial charge in [-0.15, -0.1) is 0 Å². The summed E-state index contributed by atoms with van der Waals surface area (Å²) in [6.07, 6.45) is -7.79. The molecule has 0 spiro atoms. The second-order valence-electron chi connectivity index (χ2n) is 6.12. The molecular weight excluding hydrogens is 380 g/mol. The van der Waals surface area contributed by atoms with Crippen LogP contribution in [-0.4, -0.2) is 66.7 Å². The van der Waals surface area contributed by atoms with Crippen molar-refractivity contribution < 1.29 is 52.4 Å². The van der Waals surface area contributed by atoms with E-state index in [1.807, 2.05) is 0 Å². The van der Waals surface area contributed by atoms with Gasteiger partial charge in [0.05, 0.1) is 0 Å².